The molecule has 5 nitrogen and oxygen atoms in total. The maximum absolute atomic E-state index is 13.3. The molecule has 1 aromatic carbocycles. The number of piperidine rings is 1. The first kappa shape index (κ1) is 18.0. The van der Waals surface area contributed by atoms with Gasteiger partial charge in [0.25, 0.3) is 5.56 Å². The van der Waals surface area contributed by atoms with E-state index in [1.54, 1.807) is 6.07 Å². The highest BCUT2D eigenvalue weighted by Gasteiger charge is 2.36. The van der Waals surface area contributed by atoms with E-state index in [0.717, 1.165) is 30.8 Å². The predicted molar refractivity (Wildman–Crippen MR) is 112 cm³/mol. The SMILES string of the molecule is O=C(C[C@H](c1ccccc1)n1cccc1)N1C[C@H]2C[C@@H](C1)c1cccc(=O)n1C2. The first-order valence-corrected chi connectivity index (χ1v) is 10.3. The predicted octanol–water partition coefficient (Wildman–Crippen LogP) is 3.28. The van der Waals surface area contributed by atoms with Crippen molar-refractivity contribution in [3.05, 3.63) is 94.7 Å². The number of pyridine rings is 1. The van der Waals surface area contributed by atoms with Crippen LogP contribution >= 0.6 is 0 Å². The van der Waals surface area contributed by atoms with Crippen LogP contribution in [0.4, 0.5) is 0 Å². The Morgan fingerprint density at radius 3 is 2.52 bits per heavy atom. The first-order chi connectivity index (χ1) is 14.2. The second-order valence-electron chi connectivity index (χ2n) is 8.26. The molecule has 0 N–H and O–H groups in total. The molecule has 1 amide bonds. The quantitative estimate of drug-likeness (QED) is 0.690. The summed E-state index contributed by atoms with van der Waals surface area (Å²) >= 11 is 0. The minimum absolute atomic E-state index is 0.00428. The Balaban J connectivity index is 1.38. The van der Waals surface area contributed by atoms with E-state index in [1.165, 1.54) is 0 Å². The normalized spacial score (nSPS) is 21.4. The molecular weight excluding hydrogens is 362 g/mol. The monoisotopic (exact) mass is 387 g/mol. The molecule has 1 fully saturated rings. The van der Waals surface area contributed by atoms with Crippen LogP contribution in [0, 0.1) is 5.92 Å². The number of nitrogens with zero attached hydrogens (tertiary/aromatic N) is 3. The van der Waals surface area contributed by atoms with Crippen molar-refractivity contribution in [3.8, 4) is 0 Å². The number of carbonyl (C=O) groups excluding carboxylic acids is 1. The molecule has 29 heavy (non-hydrogen) atoms. The fourth-order valence-electron chi connectivity index (χ4n) is 5.02. The molecule has 148 valence electrons. The molecule has 0 radical (unpaired) electrons. The topological polar surface area (TPSA) is 47.2 Å². The molecule has 0 saturated carbocycles. The number of aromatic nitrogens is 2. The van der Waals surface area contributed by atoms with Crippen molar-refractivity contribution in [2.75, 3.05) is 13.1 Å². The molecule has 5 rings (SSSR count). The first-order valence-electron chi connectivity index (χ1n) is 10.3. The molecule has 0 aliphatic carbocycles. The van der Waals surface area contributed by atoms with Crippen LogP contribution in [-0.4, -0.2) is 33.0 Å². The van der Waals surface area contributed by atoms with Crippen LogP contribution in [0.5, 0.6) is 0 Å². The summed E-state index contributed by atoms with van der Waals surface area (Å²) in [5.41, 5.74) is 2.30. The molecule has 1 saturated heterocycles. The molecule has 2 aliphatic heterocycles. The van der Waals surface area contributed by atoms with E-state index in [2.05, 4.69) is 16.7 Å². The summed E-state index contributed by atoms with van der Waals surface area (Å²) in [6, 6.07) is 19.7. The number of likely N-dealkylation sites (tertiary alicyclic amines) is 1. The minimum atomic E-state index is -0.00428. The van der Waals surface area contributed by atoms with Gasteiger partial charge in [0, 0.05) is 49.7 Å². The van der Waals surface area contributed by atoms with E-state index >= 15 is 0 Å². The third kappa shape index (κ3) is 3.41. The van der Waals surface area contributed by atoms with E-state index in [9.17, 15) is 9.59 Å². The fraction of sp³-hybridized carbons (Fsp3) is 0.333. The molecule has 3 atom stereocenters. The van der Waals surface area contributed by atoms with Crippen LogP contribution in [0.3, 0.4) is 0 Å². The van der Waals surface area contributed by atoms with Crippen LogP contribution in [-0.2, 0) is 11.3 Å². The van der Waals surface area contributed by atoms with Crippen molar-refractivity contribution in [2.45, 2.75) is 31.3 Å². The summed E-state index contributed by atoms with van der Waals surface area (Å²) in [5, 5.41) is 0. The molecule has 4 heterocycles. The third-order valence-corrected chi connectivity index (χ3v) is 6.37. The molecule has 2 bridgehead atoms. The summed E-state index contributed by atoms with van der Waals surface area (Å²) in [5.74, 6) is 0.795. The van der Waals surface area contributed by atoms with Crippen LogP contribution in [0.1, 0.15) is 36.1 Å². The van der Waals surface area contributed by atoms with Gasteiger partial charge in [-0.3, -0.25) is 9.59 Å². The van der Waals surface area contributed by atoms with E-state index in [0.29, 0.717) is 18.9 Å². The largest absolute Gasteiger partial charge is 0.346 e. The summed E-state index contributed by atoms with van der Waals surface area (Å²) < 4.78 is 4.03. The summed E-state index contributed by atoms with van der Waals surface area (Å²) in [6.45, 7) is 2.16. The smallest absolute Gasteiger partial charge is 0.250 e. The number of hydrogen-bond donors (Lipinski definition) is 0. The number of amides is 1. The van der Waals surface area contributed by atoms with Gasteiger partial charge in [-0.15, -0.1) is 0 Å². The Labute approximate surface area is 170 Å². The van der Waals surface area contributed by atoms with Gasteiger partial charge < -0.3 is 14.0 Å². The zero-order valence-electron chi connectivity index (χ0n) is 16.4. The fourth-order valence-corrected chi connectivity index (χ4v) is 5.02. The van der Waals surface area contributed by atoms with Gasteiger partial charge in [-0.05, 0) is 36.1 Å². The van der Waals surface area contributed by atoms with Gasteiger partial charge >= 0.3 is 0 Å². The van der Waals surface area contributed by atoms with Crippen LogP contribution in [0.25, 0.3) is 0 Å². The lowest BCUT2D eigenvalue weighted by atomic mass is 9.83. The van der Waals surface area contributed by atoms with Crippen molar-refractivity contribution >= 4 is 5.91 Å². The zero-order valence-corrected chi connectivity index (χ0v) is 16.4. The maximum Gasteiger partial charge on any atom is 0.250 e. The van der Waals surface area contributed by atoms with Gasteiger partial charge in [0.05, 0.1) is 12.5 Å². The Hall–Kier alpha value is -3.08. The van der Waals surface area contributed by atoms with E-state index in [-0.39, 0.29) is 23.4 Å². The van der Waals surface area contributed by atoms with Gasteiger partial charge in [-0.2, -0.15) is 0 Å². The molecular formula is C24H25N3O2. The van der Waals surface area contributed by atoms with Crippen molar-refractivity contribution in [2.24, 2.45) is 5.92 Å². The van der Waals surface area contributed by atoms with Gasteiger partial charge in [0.15, 0.2) is 0 Å². The van der Waals surface area contributed by atoms with Crippen molar-refractivity contribution < 1.29 is 4.79 Å². The standard InChI is InChI=1S/C24H25N3O2/c28-23-10-6-9-21-20-13-18(16-27(21)23)15-26(17-20)24(29)14-22(25-11-4-5-12-25)19-7-2-1-3-8-19/h1-12,18,20,22H,13-17H2/t18-,20+,22-/m1/s1. The highest BCUT2D eigenvalue weighted by Crippen LogP contribution is 2.35. The number of benzene rings is 1. The molecule has 0 unspecified atom stereocenters. The molecule has 0 spiro atoms. The highest BCUT2D eigenvalue weighted by molar-refractivity contribution is 5.77. The highest BCUT2D eigenvalue weighted by atomic mass is 16.2. The van der Waals surface area contributed by atoms with Crippen molar-refractivity contribution in [1.29, 1.82) is 0 Å². The second kappa shape index (κ2) is 7.39. The van der Waals surface area contributed by atoms with E-state index in [1.807, 2.05) is 64.3 Å². The molecule has 2 aromatic heterocycles. The third-order valence-electron chi connectivity index (χ3n) is 6.37. The minimum Gasteiger partial charge on any atom is -0.346 e. The van der Waals surface area contributed by atoms with Crippen LogP contribution in [0.15, 0.2) is 77.9 Å². The Kier molecular flexibility index (Phi) is 4.58. The Morgan fingerprint density at radius 2 is 1.72 bits per heavy atom. The number of fused-ring (bicyclic) bond motifs is 4. The zero-order chi connectivity index (χ0) is 19.8. The molecule has 2 aliphatic rings. The Morgan fingerprint density at radius 1 is 0.931 bits per heavy atom. The lowest BCUT2D eigenvalue weighted by Gasteiger charge is -2.43. The summed E-state index contributed by atoms with van der Waals surface area (Å²) in [6.07, 6.45) is 5.56. The molecule has 5 heteroatoms. The van der Waals surface area contributed by atoms with Gasteiger partial charge in [0.1, 0.15) is 0 Å². The summed E-state index contributed by atoms with van der Waals surface area (Å²) in [4.78, 5) is 27.6. The number of carbonyl (C=O) groups is 1. The van der Waals surface area contributed by atoms with Crippen molar-refractivity contribution in [1.82, 2.24) is 14.0 Å². The lowest BCUT2D eigenvalue weighted by Crippen LogP contribution is -2.49. The number of hydrogen-bond acceptors (Lipinski definition) is 2. The van der Waals surface area contributed by atoms with Crippen LogP contribution in [0.2, 0.25) is 0 Å². The Bertz CT molecular complexity index is 1060. The van der Waals surface area contributed by atoms with Crippen molar-refractivity contribution in [3.63, 3.8) is 0 Å². The van der Waals surface area contributed by atoms with Gasteiger partial charge in [0.2, 0.25) is 5.91 Å². The van der Waals surface area contributed by atoms with Crippen LogP contribution < -0.4 is 5.56 Å². The summed E-state index contributed by atoms with van der Waals surface area (Å²) in [7, 11) is 0. The molecule has 3 aromatic rings. The van der Waals surface area contributed by atoms with Gasteiger partial charge in [-0.1, -0.05) is 36.4 Å². The van der Waals surface area contributed by atoms with E-state index < -0.39 is 0 Å². The lowest BCUT2D eigenvalue weighted by molar-refractivity contribution is -0.134. The average molecular weight is 387 g/mol. The maximum atomic E-state index is 13.3. The number of rotatable bonds is 4. The average Bonchev–Trinajstić information content (AvgIpc) is 3.28. The second-order valence-corrected chi connectivity index (χ2v) is 8.26. The van der Waals surface area contributed by atoms with E-state index in [4.69, 9.17) is 0 Å². The van der Waals surface area contributed by atoms with Gasteiger partial charge in [-0.25, -0.2) is 0 Å².